The van der Waals surface area contributed by atoms with Crippen LogP contribution in [-0.2, 0) is 6.54 Å². The van der Waals surface area contributed by atoms with Gasteiger partial charge in [-0.05, 0) is 37.5 Å². The van der Waals surface area contributed by atoms with Gasteiger partial charge in [0.15, 0.2) is 0 Å². The first kappa shape index (κ1) is 14.6. The first-order chi connectivity index (χ1) is 10.0. The van der Waals surface area contributed by atoms with Crippen LogP contribution < -0.4 is 10.5 Å². The molecular weight excluding hydrogens is 286 g/mol. The Labute approximate surface area is 129 Å². The van der Waals surface area contributed by atoms with Crippen LogP contribution in [0.1, 0.15) is 30.9 Å². The van der Waals surface area contributed by atoms with Gasteiger partial charge in [-0.15, -0.1) is 0 Å². The molecule has 0 amide bonds. The molecule has 21 heavy (non-hydrogen) atoms. The third-order valence-corrected chi connectivity index (χ3v) is 4.82. The van der Waals surface area contributed by atoms with Gasteiger partial charge in [0.05, 0.1) is 13.1 Å². The van der Waals surface area contributed by atoms with Crippen molar-refractivity contribution in [3.05, 3.63) is 44.8 Å². The molecule has 1 N–H and O–H groups in total. The first-order valence-electron chi connectivity index (χ1n) is 7.59. The van der Waals surface area contributed by atoms with Gasteiger partial charge in [0.1, 0.15) is 12.1 Å². The number of aryl methyl sites for hydroxylation is 1. The van der Waals surface area contributed by atoms with E-state index in [9.17, 15) is 4.79 Å². The van der Waals surface area contributed by atoms with Gasteiger partial charge in [-0.3, -0.25) is 0 Å². The minimum Gasteiger partial charge on any atom is -0.423 e. The molecule has 3 rings (SSSR count). The van der Waals surface area contributed by atoms with Crippen molar-refractivity contribution in [3.63, 3.8) is 0 Å². The van der Waals surface area contributed by atoms with E-state index >= 15 is 0 Å². The highest BCUT2D eigenvalue weighted by atomic mass is 35.5. The second kappa shape index (κ2) is 5.82. The Morgan fingerprint density at radius 1 is 1.38 bits per heavy atom. The monoisotopic (exact) mass is 306 g/mol. The number of nitrogens with one attached hydrogen (secondary N) is 1. The number of halogens is 1. The van der Waals surface area contributed by atoms with E-state index in [0.717, 1.165) is 34.0 Å². The molecule has 2 heterocycles. The van der Waals surface area contributed by atoms with Gasteiger partial charge in [-0.2, -0.15) is 0 Å². The molecule has 3 nitrogen and oxygen atoms in total. The Balaban J connectivity index is 2.00. The van der Waals surface area contributed by atoms with Gasteiger partial charge in [-0.1, -0.05) is 18.5 Å². The lowest BCUT2D eigenvalue weighted by Crippen LogP contribution is -3.12. The summed E-state index contributed by atoms with van der Waals surface area (Å²) >= 11 is 6.24. The highest BCUT2D eigenvalue weighted by molar-refractivity contribution is 6.32. The topological polar surface area (TPSA) is 34.6 Å². The van der Waals surface area contributed by atoms with Crippen LogP contribution in [0.25, 0.3) is 11.0 Å². The highest BCUT2D eigenvalue weighted by Gasteiger charge is 2.21. The van der Waals surface area contributed by atoms with E-state index in [2.05, 4.69) is 6.92 Å². The van der Waals surface area contributed by atoms with Gasteiger partial charge in [0, 0.05) is 28.0 Å². The molecule has 0 aliphatic carbocycles. The minimum atomic E-state index is -0.274. The highest BCUT2D eigenvalue weighted by Crippen LogP contribution is 2.25. The van der Waals surface area contributed by atoms with E-state index in [1.54, 1.807) is 6.07 Å². The lowest BCUT2D eigenvalue weighted by molar-refractivity contribution is -0.922. The Hall–Kier alpha value is -1.32. The van der Waals surface area contributed by atoms with E-state index in [1.807, 2.05) is 19.1 Å². The van der Waals surface area contributed by atoms with E-state index < -0.39 is 0 Å². The van der Waals surface area contributed by atoms with Crippen LogP contribution in [0.3, 0.4) is 0 Å². The number of quaternary nitrogens is 1. The molecule has 2 atom stereocenters. The first-order valence-corrected chi connectivity index (χ1v) is 7.97. The van der Waals surface area contributed by atoms with Crippen molar-refractivity contribution in [2.45, 2.75) is 33.2 Å². The van der Waals surface area contributed by atoms with Gasteiger partial charge < -0.3 is 9.32 Å². The molecule has 1 aromatic heterocycles. The summed E-state index contributed by atoms with van der Waals surface area (Å²) in [7, 11) is 0. The molecule has 1 aliphatic heterocycles. The van der Waals surface area contributed by atoms with Crippen LogP contribution in [0.2, 0.25) is 5.02 Å². The van der Waals surface area contributed by atoms with Crippen molar-refractivity contribution in [3.8, 4) is 0 Å². The number of hydrogen-bond acceptors (Lipinski definition) is 2. The summed E-state index contributed by atoms with van der Waals surface area (Å²) in [6, 6.07) is 5.41. The number of fused-ring (bicyclic) bond motifs is 1. The van der Waals surface area contributed by atoms with Crippen molar-refractivity contribution in [1.82, 2.24) is 0 Å². The predicted octanol–water partition coefficient (Wildman–Crippen LogP) is 2.57. The maximum absolute atomic E-state index is 11.8. The van der Waals surface area contributed by atoms with Crippen LogP contribution in [0.15, 0.2) is 27.4 Å². The van der Waals surface area contributed by atoms with Crippen LogP contribution in [0, 0.1) is 12.8 Å². The SMILES string of the molecule is Cc1cc2oc(=O)cc(C[NH+]3CCC[C@@H](C)C3)c2cc1Cl. The third-order valence-electron chi connectivity index (χ3n) is 4.41. The number of rotatable bonds is 2. The molecule has 1 saturated heterocycles. The molecule has 0 spiro atoms. The molecular formula is C17H21ClNO2+. The van der Waals surface area contributed by atoms with E-state index in [1.165, 1.54) is 30.8 Å². The van der Waals surface area contributed by atoms with Gasteiger partial charge in [0.25, 0.3) is 0 Å². The predicted molar refractivity (Wildman–Crippen MR) is 85.0 cm³/mol. The Morgan fingerprint density at radius 3 is 2.95 bits per heavy atom. The fourth-order valence-electron chi connectivity index (χ4n) is 3.32. The van der Waals surface area contributed by atoms with E-state index in [-0.39, 0.29) is 5.63 Å². The Kier molecular flexibility index (Phi) is 4.05. The maximum Gasteiger partial charge on any atom is 0.336 e. The van der Waals surface area contributed by atoms with Crippen LogP contribution in [-0.4, -0.2) is 13.1 Å². The van der Waals surface area contributed by atoms with Crippen molar-refractivity contribution in [1.29, 1.82) is 0 Å². The average molecular weight is 307 g/mol. The molecule has 1 unspecified atom stereocenters. The summed E-state index contributed by atoms with van der Waals surface area (Å²) in [4.78, 5) is 13.3. The summed E-state index contributed by atoms with van der Waals surface area (Å²) in [6.07, 6.45) is 2.57. The van der Waals surface area contributed by atoms with Gasteiger partial charge in [0.2, 0.25) is 0 Å². The Bertz CT molecular complexity index is 723. The van der Waals surface area contributed by atoms with Gasteiger partial charge >= 0.3 is 5.63 Å². The summed E-state index contributed by atoms with van der Waals surface area (Å²) in [5.74, 6) is 0.756. The molecule has 2 aromatic rings. The lowest BCUT2D eigenvalue weighted by Gasteiger charge is -2.28. The molecule has 0 saturated carbocycles. The van der Waals surface area contributed by atoms with E-state index in [0.29, 0.717) is 5.58 Å². The van der Waals surface area contributed by atoms with Crippen LogP contribution >= 0.6 is 11.6 Å². The third kappa shape index (κ3) is 3.14. The zero-order valence-electron chi connectivity index (χ0n) is 12.5. The lowest BCUT2D eigenvalue weighted by atomic mass is 9.99. The van der Waals surface area contributed by atoms with Crippen LogP contribution in [0.5, 0.6) is 0 Å². The van der Waals surface area contributed by atoms with Gasteiger partial charge in [-0.25, -0.2) is 4.79 Å². The summed E-state index contributed by atoms with van der Waals surface area (Å²) in [5, 5.41) is 1.69. The molecule has 0 bridgehead atoms. The number of piperidine rings is 1. The summed E-state index contributed by atoms with van der Waals surface area (Å²) < 4.78 is 5.32. The standard InChI is InChI=1S/C17H20ClNO2/c1-11-4-3-5-19(9-11)10-13-7-17(20)21-16-6-12(2)15(18)8-14(13)16/h6-8,11H,3-5,9-10H2,1-2H3/p+1/t11-/m1/s1. The molecule has 0 radical (unpaired) electrons. The summed E-state index contributed by atoms with van der Waals surface area (Å²) in [5.41, 5.74) is 2.35. The fourth-order valence-corrected chi connectivity index (χ4v) is 3.49. The zero-order valence-corrected chi connectivity index (χ0v) is 13.3. The van der Waals surface area contributed by atoms with E-state index in [4.69, 9.17) is 16.0 Å². The fraction of sp³-hybridized carbons (Fsp3) is 0.471. The van der Waals surface area contributed by atoms with Crippen molar-refractivity contribution < 1.29 is 9.32 Å². The van der Waals surface area contributed by atoms with Crippen molar-refractivity contribution in [2.75, 3.05) is 13.1 Å². The minimum absolute atomic E-state index is 0.274. The average Bonchev–Trinajstić information content (AvgIpc) is 2.41. The molecule has 1 aromatic carbocycles. The largest absolute Gasteiger partial charge is 0.423 e. The number of hydrogen-bond donors (Lipinski definition) is 1. The maximum atomic E-state index is 11.8. The molecule has 1 aliphatic rings. The van der Waals surface area contributed by atoms with Crippen LogP contribution in [0.4, 0.5) is 0 Å². The summed E-state index contributed by atoms with van der Waals surface area (Å²) in [6.45, 7) is 7.43. The normalized spacial score (nSPS) is 22.6. The zero-order chi connectivity index (χ0) is 15.0. The van der Waals surface area contributed by atoms with Crippen molar-refractivity contribution in [2.24, 2.45) is 5.92 Å². The molecule has 4 heteroatoms. The quantitative estimate of drug-likeness (QED) is 0.866. The number of benzene rings is 1. The molecule has 1 fully saturated rings. The smallest absolute Gasteiger partial charge is 0.336 e. The van der Waals surface area contributed by atoms with Crippen molar-refractivity contribution >= 4 is 22.6 Å². The molecule has 112 valence electrons. The Morgan fingerprint density at radius 2 is 2.19 bits per heavy atom. The second-order valence-electron chi connectivity index (χ2n) is 6.32. The number of likely N-dealkylation sites (tertiary alicyclic amines) is 1. The second-order valence-corrected chi connectivity index (χ2v) is 6.72.